The first-order valence-corrected chi connectivity index (χ1v) is 3.83. The summed E-state index contributed by atoms with van der Waals surface area (Å²) in [6, 6.07) is 3.76. The second kappa shape index (κ2) is 3.36. The minimum absolute atomic E-state index is 0.288. The Labute approximate surface area is 80.4 Å². The van der Waals surface area contributed by atoms with E-state index in [4.69, 9.17) is 35.0 Å². The molecule has 0 radical (unpaired) electrons. The van der Waals surface area contributed by atoms with Gasteiger partial charge in [-0.1, -0.05) is 24.4 Å². The van der Waals surface area contributed by atoms with Gasteiger partial charge in [-0.2, -0.15) is 10.5 Å². The Balaban J connectivity index is 3.22. The normalized spacial score (nSPS) is 15.8. The fourth-order valence-electron chi connectivity index (χ4n) is 0.745. The van der Waals surface area contributed by atoms with Crippen molar-refractivity contribution in [3.8, 4) is 12.1 Å². The molecule has 0 heterocycles. The standard InChI is InChI=1S/C8H2N2S2/c9-3-5-1-7(11)8(12)2-6(5)4-10/h1-2H. The summed E-state index contributed by atoms with van der Waals surface area (Å²) >= 11 is 9.70. The van der Waals surface area contributed by atoms with Crippen LogP contribution in [0.15, 0.2) is 23.3 Å². The summed E-state index contributed by atoms with van der Waals surface area (Å²) in [4.78, 5) is 0.890. The predicted octanol–water partition coefficient (Wildman–Crippen LogP) is 1.64. The Morgan fingerprint density at radius 1 is 0.917 bits per heavy atom. The highest BCUT2D eigenvalue weighted by Gasteiger charge is 2.13. The van der Waals surface area contributed by atoms with E-state index < -0.39 is 0 Å². The van der Waals surface area contributed by atoms with Gasteiger partial charge in [0.2, 0.25) is 0 Å². The van der Waals surface area contributed by atoms with Crippen LogP contribution in [-0.2, 0) is 0 Å². The van der Waals surface area contributed by atoms with Gasteiger partial charge >= 0.3 is 0 Å². The Morgan fingerprint density at radius 3 is 1.50 bits per heavy atom. The summed E-state index contributed by atoms with van der Waals surface area (Å²) in [5.41, 5.74) is 0.576. The highest BCUT2D eigenvalue weighted by Crippen LogP contribution is 2.14. The topological polar surface area (TPSA) is 47.6 Å². The fourth-order valence-corrected chi connectivity index (χ4v) is 1.10. The molecule has 0 saturated carbocycles. The lowest BCUT2D eigenvalue weighted by Crippen LogP contribution is -2.10. The maximum absolute atomic E-state index is 8.58. The molecule has 1 aliphatic carbocycles. The van der Waals surface area contributed by atoms with E-state index >= 15 is 0 Å². The molecule has 4 heteroatoms. The van der Waals surface area contributed by atoms with Crippen LogP contribution in [0.4, 0.5) is 0 Å². The Morgan fingerprint density at radius 2 is 1.25 bits per heavy atom. The molecule has 0 atom stereocenters. The van der Waals surface area contributed by atoms with Gasteiger partial charge < -0.3 is 0 Å². The van der Waals surface area contributed by atoms with E-state index in [1.165, 1.54) is 12.2 Å². The monoisotopic (exact) mass is 190 g/mol. The van der Waals surface area contributed by atoms with E-state index in [0.29, 0.717) is 9.73 Å². The molecule has 2 nitrogen and oxygen atoms in total. The molecule has 1 aliphatic rings. The zero-order chi connectivity index (χ0) is 9.14. The molecule has 0 aromatic carbocycles. The zero-order valence-corrected chi connectivity index (χ0v) is 7.50. The van der Waals surface area contributed by atoms with Crippen LogP contribution >= 0.6 is 24.4 Å². The van der Waals surface area contributed by atoms with Gasteiger partial charge in [-0.15, -0.1) is 0 Å². The number of hydrogen-bond acceptors (Lipinski definition) is 4. The van der Waals surface area contributed by atoms with Crippen molar-refractivity contribution in [1.29, 1.82) is 10.5 Å². The van der Waals surface area contributed by atoms with Gasteiger partial charge in [-0.05, 0) is 12.2 Å². The lowest BCUT2D eigenvalue weighted by Gasteiger charge is -2.04. The molecule has 0 spiro atoms. The van der Waals surface area contributed by atoms with E-state index in [0.717, 1.165) is 0 Å². The van der Waals surface area contributed by atoms with Crippen molar-refractivity contribution in [2.75, 3.05) is 0 Å². The van der Waals surface area contributed by atoms with Gasteiger partial charge in [0.15, 0.2) is 0 Å². The molecule has 1 rings (SSSR count). The molecule has 0 aromatic heterocycles. The van der Waals surface area contributed by atoms with Crippen molar-refractivity contribution < 1.29 is 0 Å². The molecule has 56 valence electrons. The first-order chi connectivity index (χ1) is 5.69. The third-order valence-electron chi connectivity index (χ3n) is 1.32. The molecular weight excluding hydrogens is 188 g/mol. The van der Waals surface area contributed by atoms with Crippen LogP contribution in [0.1, 0.15) is 0 Å². The minimum atomic E-state index is 0.288. The second-order valence-electron chi connectivity index (χ2n) is 2.07. The highest BCUT2D eigenvalue weighted by atomic mass is 32.1. The van der Waals surface area contributed by atoms with Crippen LogP contribution in [0.5, 0.6) is 0 Å². The van der Waals surface area contributed by atoms with Crippen molar-refractivity contribution in [2.45, 2.75) is 0 Å². The first-order valence-electron chi connectivity index (χ1n) is 3.01. The molecule has 0 aromatic rings. The van der Waals surface area contributed by atoms with E-state index in [1.807, 2.05) is 12.1 Å². The molecule has 0 saturated heterocycles. The average Bonchev–Trinajstić information content (AvgIpc) is 2.09. The van der Waals surface area contributed by atoms with Crippen LogP contribution in [0.3, 0.4) is 0 Å². The quantitative estimate of drug-likeness (QED) is 0.545. The number of nitrogens with zero attached hydrogens (tertiary/aromatic N) is 2. The lowest BCUT2D eigenvalue weighted by atomic mass is 10.00. The molecule has 12 heavy (non-hydrogen) atoms. The van der Waals surface area contributed by atoms with Gasteiger partial charge in [0, 0.05) is 0 Å². The van der Waals surface area contributed by atoms with Crippen LogP contribution in [0.2, 0.25) is 0 Å². The number of rotatable bonds is 0. The molecule has 0 bridgehead atoms. The van der Waals surface area contributed by atoms with Gasteiger partial charge in [-0.3, -0.25) is 0 Å². The van der Waals surface area contributed by atoms with E-state index in [1.54, 1.807) is 0 Å². The fraction of sp³-hybridized carbons (Fsp3) is 0. The SMILES string of the molecule is N#CC1=CC(=S)C(=S)C=C1C#N. The highest BCUT2D eigenvalue weighted by molar-refractivity contribution is 7.90. The Kier molecular flexibility index (Phi) is 2.44. The van der Waals surface area contributed by atoms with Gasteiger partial charge in [0.05, 0.1) is 20.9 Å². The Hall–Kier alpha value is -1.36. The number of allylic oxidation sites excluding steroid dienone is 4. The summed E-state index contributed by atoms with van der Waals surface area (Å²) in [5, 5.41) is 17.2. The van der Waals surface area contributed by atoms with Crippen molar-refractivity contribution in [3.05, 3.63) is 23.3 Å². The second-order valence-corrected chi connectivity index (χ2v) is 2.95. The third-order valence-corrected chi connectivity index (χ3v) is 2.13. The Bertz CT molecular complexity index is 362. The van der Waals surface area contributed by atoms with E-state index in [9.17, 15) is 0 Å². The summed E-state index contributed by atoms with van der Waals surface area (Å²) < 4.78 is 0. The molecule has 0 amide bonds. The maximum atomic E-state index is 8.58. The third kappa shape index (κ3) is 1.45. The van der Waals surface area contributed by atoms with Crippen LogP contribution in [0, 0.1) is 22.7 Å². The number of hydrogen-bond donors (Lipinski definition) is 0. The van der Waals surface area contributed by atoms with E-state index in [2.05, 4.69) is 0 Å². The predicted molar refractivity (Wildman–Crippen MR) is 52.6 cm³/mol. The van der Waals surface area contributed by atoms with Crippen LogP contribution < -0.4 is 0 Å². The smallest absolute Gasteiger partial charge is 0.101 e. The summed E-state index contributed by atoms with van der Waals surface area (Å²) in [7, 11) is 0. The zero-order valence-electron chi connectivity index (χ0n) is 5.87. The average molecular weight is 190 g/mol. The van der Waals surface area contributed by atoms with Crippen LogP contribution in [-0.4, -0.2) is 9.73 Å². The van der Waals surface area contributed by atoms with Crippen molar-refractivity contribution in [1.82, 2.24) is 0 Å². The summed E-state index contributed by atoms with van der Waals surface area (Å²) in [5.74, 6) is 0. The summed E-state index contributed by atoms with van der Waals surface area (Å²) in [6.07, 6.45) is 2.91. The van der Waals surface area contributed by atoms with E-state index in [-0.39, 0.29) is 11.1 Å². The maximum Gasteiger partial charge on any atom is 0.101 e. The molecular formula is C8H2N2S2. The summed E-state index contributed by atoms with van der Waals surface area (Å²) in [6.45, 7) is 0. The molecule has 0 N–H and O–H groups in total. The molecule has 0 fully saturated rings. The first kappa shape index (κ1) is 8.73. The molecule has 0 unspecified atom stereocenters. The molecule has 0 aliphatic heterocycles. The number of nitriles is 2. The van der Waals surface area contributed by atoms with Crippen molar-refractivity contribution in [3.63, 3.8) is 0 Å². The number of thiocarbonyl (C=S) groups is 2. The minimum Gasteiger partial charge on any atom is -0.192 e. The van der Waals surface area contributed by atoms with Crippen molar-refractivity contribution >= 4 is 34.2 Å². The van der Waals surface area contributed by atoms with Crippen LogP contribution in [0.25, 0.3) is 0 Å². The largest absolute Gasteiger partial charge is 0.192 e. The van der Waals surface area contributed by atoms with Gasteiger partial charge in [0.25, 0.3) is 0 Å². The van der Waals surface area contributed by atoms with Gasteiger partial charge in [-0.25, -0.2) is 0 Å². The lowest BCUT2D eigenvalue weighted by molar-refractivity contribution is 1.44. The van der Waals surface area contributed by atoms with Gasteiger partial charge in [0.1, 0.15) is 12.1 Å². The van der Waals surface area contributed by atoms with Crippen molar-refractivity contribution in [2.24, 2.45) is 0 Å².